The van der Waals surface area contributed by atoms with Crippen LogP contribution in [-0.2, 0) is 0 Å². The van der Waals surface area contributed by atoms with Crippen LogP contribution in [0.2, 0.25) is 0 Å². The molecule has 0 N–H and O–H groups in total. The standard InChI is InChI=1S/C62H45N/c1-42-58(45-17-5-2-6-18-45)40-54(41-59(42)46-19-7-3-8-20-46)50-27-15-26-49(35-50)53-36-52(37-55(38-53)57-29-16-25-44-23-11-13-28-56(44)57)43-31-33-48(34-32-43)62-60(47-21-9-4-10-22-47)39-51-24-12-14-30-61(51)63-62/h2-40,54H,41H2,1H3. The lowest BCUT2D eigenvalue weighted by Gasteiger charge is -2.27. The summed E-state index contributed by atoms with van der Waals surface area (Å²) in [6.07, 6.45) is 3.45. The topological polar surface area (TPSA) is 12.9 Å². The van der Waals surface area contributed by atoms with E-state index in [0.29, 0.717) is 0 Å². The Bertz CT molecular complexity index is 3330. The minimum Gasteiger partial charge on any atom is -0.247 e. The summed E-state index contributed by atoms with van der Waals surface area (Å²) in [6.45, 7) is 2.29. The zero-order chi connectivity index (χ0) is 42.1. The SMILES string of the molecule is CC1=C(c2ccccc2)CC(c2cccc(-c3cc(-c4ccc(-c5nc6ccccc6cc5-c5ccccc5)cc4)cc(-c4cccc5ccccc45)c3)c2)C=C1c1ccccc1. The van der Waals surface area contributed by atoms with Crippen molar-refractivity contribution in [1.82, 2.24) is 4.98 Å². The van der Waals surface area contributed by atoms with Crippen molar-refractivity contribution in [2.45, 2.75) is 19.3 Å². The van der Waals surface area contributed by atoms with E-state index in [0.717, 1.165) is 45.3 Å². The lowest BCUT2D eigenvalue weighted by atomic mass is 9.77. The summed E-state index contributed by atoms with van der Waals surface area (Å²) in [4.78, 5) is 5.25. The maximum absolute atomic E-state index is 5.25. The molecule has 0 amide bonds. The molecule has 0 saturated heterocycles. The van der Waals surface area contributed by atoms with E-state index < -0.39 is 0 Å². The van der Waals surface area contributed by atoms with Crippen molar-refractivity contribution in [1.29, 1.82) is 0 Å². The van der Waals surface area contributed by atoms with Gasteiger partial charge in [0.05, 0.1) is 11.2 Å². The van der Waals surface area contributed by atoms with Gasteiger partial charge >= 0.3 is 0 Å². The summed E-state index contributed by atoms with van der Waals surface area (Å²) >= 11 is 0. The molecule has 1 atom stereocenters. The predicted octanol–water partition coefficient (Wildman–Crippen LogP) is 16.8. The fourth-order valence-corrected chi connectivity index (χ4v) is 9.58. The predicted molar refractivity (Wildman–Crippen MR) is 267 cm³/mol. The fourth-order valence-electron chi connectivity index (χ4n) is 9.58. The van der Waals surface area contributed by atoms with Crippen molar-refractivity contribution in [2.75, 3.05) is 0 Å². The molecule has 0 bridgehead atoms. The Labute approximate surface area is 370 Å². The number of aromatic nitrogens is 1. The van der Waals surface area contributed by atoms with E-state index in [4.69, 9.17) is 4.98 Å². The van der Waals surface area contributed by atoms with Gasteiger partial charge in [-0.25, -0.2) is 4.98 Å². The third-order valence-electron chi connectivity index (χ3n) is 12.8. The third-order valence-corrected chi connectivity index (χ3v) is 12.8. The highest BCUT2D eigenvalue weighted by molar-refractivity contribution is 5.99. The molecule has 0 aliphatic heterocycles. The molecule has 1 aliphatic carbocycles. The molecule has 1 nitrogen and oxygen atoms in total. The van der Waals surface area contributed by atoms with Gasteiger partial charge in [0.2, 0.25) is 0 Å². The normalized spacial score (nSPS) is 13.9. The van der Waals surface area contributed by atoms with Crippen molar-refractivity contribution < 1.29 is 0 Å². The first-order valence-electron chi connectivity index (χ1n) is 22.0. The highest BCUT2D eigenvalue weighted by Crippen LogP contribution is 2.45. The van der Waals surface area contributed by atoms with Crippen LogP contribution in [0.3, 0.4) is 0 Å². The molecule has 0 radical (unpaired) electrons. The van der Waals surface area contributed by atoms with Crippen molar-refractivity contribution in [2.24, 2.45) is 0 Å². The maximum Gasteiger partial charge on any atom is 0.0788 e. The van der Waals surface area contributed by atoms with Crippen LogP contribution in [0.5, 0.6) is 0 Å². The van der Waals surface area contributed by atoms with Crippen LogP contribution in [0.1, 0.15) is 36.0 Å². The molecule has 1 unspecified atom stereocenters. The highest BCUT2D eigenvalue weighted by Gasteiger charge is 2.24. The Hall–Kier alpha value is -7.87. The molecule has 1 heterocycles. The summed E-state index contributed by atoms with van der Waals surface area (Å²) in [5.41, 5.74) is 20.5. The number of rotatable bonds is 8. The monoisotopic (exact) mass is 803 g/mol. The Morgan fingerprint density at radius 2 is 0.952 bits per heavy atom. The minimum atomic E-state index is 0.219. The van der Waals surface area contributed by atoms with E-state index in [1.807, 2.05) is 0 Å². The van der Waals surface area contributed by atoms with Gasteiger partial charge in [-0.1, -0.05) is 206 Å². The van der Waals surface area contributed by atoms with Crippen LogP contribution in [0.15, 0.2) is 242 Å². The van der Waals surface area contributed by atoms with Gasteiger partial charge in [-0.2, -0.15) is 0 Å². The number of fused-ring (bicyclic) bond motifs is 2. The lowest BCUT2D eigenvalue weighted by molar-refractivity contribution is 0.864. The number of benzene rings is 9. The molecular formula is C62H45N. The van der Waals surface area contributed by atoms with E-state index in [2.05, 4.69) is 244 Å². The second kappa shape index (κ2) is 16.5. The number of allylic oxidation sites excluding steroid dienone is 4. The molecule has 0 saturated carbocycles. The van der Waals surface area contributed by atoms with E-state index in [1.165, 1.54) is 72.0 Å². The van der Waals surface area contributed by atoms with Gasteiger partial charge in [0.25, 0.3) is 0 Å². The summed E-state index contributed by atoms with van der Waals surface area (Å²) < 4.78 is 0. The molecule has 10 aromatic rings. The lowest BCUT2D eigenvalue weighted by Crippen LogP contribution is -2.07. The molecular weight excluding hydrogens is 759 g/mol. The van der Waals surface area contributed by atoms with E-state index in [-0.39, 0.29) is 5.92 Å². The molecule has 1 heteroatoms. The first kappa shape index (κ1) is 38.1. The number of pyridine rings is 1. The molecule has 63 heavy (non-hydrogen) atoms. The van der Waals surface area contributed by atoms with Crippen LogP contribution < -0.4 is 0 Å². The van der Waals surface area contributed by atoms with Crippen molar-refractivity contribution >= 4 is 32.8 Å². The highest BCUT2D eigenvalue weighted by atomic mass is 14.7. The van der Waals surface area contributed by atoms with Crippen LogP contribution in [0, 0.1) is 0 Å². The summed E-state index contributed by atoms with van der Waals surface area (Å²) in [5, 5.41) is 3.62. The zero-order valence-corrected chi connectivity index (χ0v) is 35.2. The van der Waals surface area contributed by atoms with Crippen LogP contribution >= 0.6 is 0 Å². The quantitative estimate of drug-likeness (QED) is 0.149. The van der Waals surface area contributed by atoms with Crippen LogP contribution in [-0.4, -0.2) is 4.98 Å². The number of nitrogens with zero attached hydrogens (tertiary/aromatic N) is 1. The van der Waals surface area contributed by atoms with Gasteiger partial charge < -0.3 is 0 Å². The van der Waals surface area contributed by atoms with Crippen molar-refractivity contribution in [3.05, 3.63) is 259 Å². The molecule has 9 aromatic carbocycles. The van der Waals surface area contributed by atoms with Gasteiger partial charge in [-0.3, -0.25) is 0 Å². The van der Waals surface area contributed by atoms with E-state index in [9.17, 15) is 0 Å². The first-order chi connectivity index (χ1) is 31.1. The summed E-state index contributed by atoms with van der Waals surface area (Å²) in [6, 6.07) is 83.8. The van der Waals surface area contributed by atoms with Crippen molar-refractivity contribution in [3.63, 3.8) is 0 Å². The second-order valence-electron chi connectivity index (χ2n) is 16.7. The van der Waals surface area contributed by atoms with Gasteiger partial charge in [0.1, 0.15) is 0 Å². The summed E-state index contributed by atoms with van der Waals surface area (Å²) in [5.74, 6) is 0.219. The Morgan fingerprint density at radius 3 is 1.71 bits per heavy atom. The number of hydrogen-bond acceptors (Lipinski definition) is 1. The average Bonchev–Trinajstić information content (AvgIpc) is 3.36. The number of hydrogen-bond donors (Lipinski definition) is 0. The smallest absolute Gasteiger partial charge is 0.0788 e. The average molecular weight is 804 g/mol. The second-order valence-corrected chi connectivity index (χ2v) is 16.7. The number of para-hydroxylation sites is 1. The summed E-state index contributed by atoms with van der Waals surface area (Å²) in [7, 11) is 0. The van der Waals surface area contributed by atoms with Crippen LogP contribution in [0.4, 0.5) is 0 Å². The van der Waals surface area contributed by atoms with Gasteiger partial charge in [-0.05, 0) is 127 Å². The molecule has 0 spiro atoms. The third kappa shape index (κ3) is 7.49. The largest absolute Gasteiger partial charge is 0.247 e. The Morgan fingerprint density at radius 1 is 0.381 bits per heavy atom. The molecule has 298 valence electrons. The first-order valence-corrected chi connectivity index (χ1v) is 22.0. The van der Waals surface area contributed by atoms with Crippen molar-refractivity contribution in [3.8, 4) is 55.8 Å². The molecule has 0 fully saturated rings. The van der Waals surface area contributed by atoms with Crippen LogP contribution in [0.25, 0.3) is 88.6 Å². The zero-order valence-electron chi connectivity index (χ0n) is 35.2. The van der Waals surface area contributed by atoms with Gasteiger partial charge in [0, 0.05) is 22.4 Å². The minimum absolute atomic E-state index is 0.219. The Kier molecular flexibility index (Phi) is 9.99. The van der Waals surface area contributed by atoms with E-state index >= 15 is 0 Å². The van der Waals surface area contributed by atoms with E-state index in [1.54, 1.807) is 0 Å². The molecule has 11 rings (SSSR count). The van der Waals surface area contributed by atoms with Gasteiger partial charge in [0.15, 0.2) is 0 Å². The van der Waals surface area contributed by atoms with Gasteiger partial charge in [-0.15, -0.1) is 0 Å². The molecule has 1 aromatic heterocycles. The fraction of sp³-hybridized carbons (Fsp3) is 0.0484. The Balaban J connectivity index is 1.03. The maximum atomic E-state index is 5.25. The molecule has 1 aliphatic rings.